The van der Waals surface area contributed by atoms with Gasteiger partial charge in [0.2, 0.25) is 0 Å². The van der Waals surface area contributed by atoms with E-state index in [9.17, 15) is 0 Å². The maximum atomic E-state index is 5.31. The van der Waals surface area contributed by atoms with Crippen LogP contribution in [0.3, 0.4) is 0 Å². The van der Waals surface area contributed by atoms with Gasteiger partial charge in [0.25, 0.3) is 0 Å². The number of hydrogen-bond donors (Lipinski definition) is 0. The van der Waals surface area contributed by atoms with E-state index in [0.29, 0.717) is 0 Å². The molecule has 1 heterocycles. The molecular weight excluding hydrogens is 194 g/mol. The predicted octanol–water partition coefficient (Wildman–Crippen LogP) is 2.24. The van der Waals surface area contributed by atoms with E-state index in [1.54, 1.807) is 0 Å². The lowest BCUT2D eigenvalue weighted by molar-refractivity contribution is 0.0371. The van der Waals surface area contributed by atoms with E-state index in [1.165, 1.54) is 38.0 Å². The topological polar surface area (TPSA) is 12.5 Å². The van der Waals surface area contributed by atoms with Gasteiger partial charge in [0.05, 0.1) is 13.2 Å². The summed E-state index contributed by atoms with van der Waals surface area (Å²) in [6.07, 6.45) is 7.76. The van der Waals surface area contributed by atoms with Crippen LogP contribution < -0.4 is 0 Å². The van der Waals surface area contributed by atoms with Gasteiger partial charge in [0.1, 0.15) is 0 Å². The molecule has 0 bridgehead atoms. The lowest BCUT2D eigenvalue weighted by Crippen LogP contribution is -2.36. The van der Waals surface area contributed by atoms with Crippen molar-refractivity contribution in [2.75, 3.05) is 44.9 Å². The molecule has 1 rings (SSSR count). The van der Waals surface area contributed by atoms with Gasteiger partial charge in [-0.3, -0.25) is 4.90 Å². The van der Waals surface area contributed by atoms with Crippen LogP contribution in [-0.2, 0) is 4.74 Å². The summed E-state index contributed by atoms with van der Waals surface area (Å²) >= 11 is 1.96. The minimum atomic E-state index is 0.937. The molecule has 0 spiro atoms. The van der Waals surface area contributed by atoms with Gasteiger partial charge in [0, 0.05) is 13.1 Å². The normalized spacial score (nSPS) is 18.6. The van der Waals surface area contributed by atoms with E-state index in [4.69, 9.17) is 4.74 Å². The zero-order valence-corrected chi connectivity index (χ0v) is 10.2. The second kappa shape index (κ2) is 8.57. The number of ether oxygens (including phenoxy) is 1. The van der Waals surface area contributed by atoms with Crippen molar-refractivity contribution in [3.63, 3.8) is 0 Å². The number of morpholine rings is 1. The molecule has 84 valence electrons. The molecule has 0 aromatic heterocycles. The molecule has 3 heteroatoms. The number of nitrogens with zero attached hydrogens (tertiary/aromatic N) is 1. The Morgan fingerprint density at radius 1 is 1.07 bits per heavy atom. The molecular formula is C11H23NOS. The molecule has 0 unspecified atom stereocenters. The Hall–Kier alpha value is 0.270. The molecule has 1 aliphatic rings. The average Bonchev–Trinajstić information content (AvgIpc) is 2.25. The molecule has 0 saturated carbocycles. The van der Waals surface area contributed by atoms with Crippen molar-refractivity contribution in [1.82, 2.24) is 4.90 Å². The third-order valence-electron chi connectivity index (χ3n) is 2.68. The molecule has 2 nitrogen and oxygen atoms in total. The predicted molar refractivity (Wildman–Crippen MR) is 64.1 cm³/mol. The van der Waals surface area contributed by atoms with Gasteiger partial charge in [-0.15, -0.1) is 0 Å². The van der Waals surface area contributed by atoms with E-state index < -0.39 is 0 Å². The zero-order chi connectivity index (χ0) is 10.1. The Bertz CT molecular complexity index is 126. The fourth-order valence-corrected chi connectivity index (χ4v) is 2.25. The summed E-state index contributed by atoms with van der Waals surface area (Å²) < 4.78 is 5.31. The minimum Gasteiger partial charge on any atom is -0.379 e. The summed E-state index contributed by atoms with van der Waals surface area (Å²) in [6.45, 7) is 5.44. The first-order chi connectivity index (χ1) is 6.93. The molecule has 1 saturated heterocycles. The number of rotatable bonds is 7. The minimum absolute atomic E-state index is 0.937. The van der Waals surface area contributed by atoms with Crippen LogP contribution in [-0.4, -0.2) is 49.8 Å². The smallest absolute Gasteiger partial charge is 0.0594 e. The van der Waals surface area contributed by atoms with Gasteiger partial charge in [-0.05, 0) is 31.4 Å². The van der Waals surface area contributed by atoms with E-state index in [2.05, 4.69) is 11.2 Å². The lowest BCUT2D eigenvalue weighted by Gasteiger charge is -2.26. The Kier molecular flexibility index (Phi) is 7.55. The van der Waals surface area contributed by atoms with E-state index >= 15 is 0 Å². The summed E-state index contributed by atoms with van der Waals surface area (Å²) in [5.74, 6) is 1.33. The van der Waals surface area contributed by atoms with Crippen molar-refractivity contribution in [1.29, 1.82) is 0 Å². The Morgan fingerprint density at radius 3 is 2.50 bits per heavy atom. The van der Waals surface area contributed by atoms with Gasteiger partial charge in [-0.25, -0.2) is 0 Å². The van der Waals surface area contributed by atoms with Crippen LogP contribution in [0.2, 0.25) is 0 Å². The quantitative estimate of drug-likeness (QED) is 0.607. The van der Waals surface area contributed by atoms with Crippen LogP contribution in [0.1, 0.15) is 25.7 Å². The van der Waals surface area contributed by atoms with Crippen molar-refractivity contribution in [3.05, 3.63) is 0 Å². The maximum Gasteiger partial charge on any atom is 0.0594 e. The Balaban J connectivity index is 1.82. The summed E-state index contributed by atoms with van der Waals surface area (Å²) in [5.41, 5.74) is 0. The number of unbranched alkanes of at least 4 members (excludes halogenated alkanes) is 3. The first kappa shape index (κ1) is 12.3. The summed E-state index contributed by atoms with van der Waals surface area (Å²) in [5, 5.41) is 0. The lowest BCUT2D eigenvalue weighted by atomic mass is 10.2. The van der Waals surface area contributed by atoms with Crippen LogP contribution in [0, 0.1) is 0 Å². The largest absolute Gasteiger partial charge is 0.379 e. The second-order valence-corrected chi connectivity index (χ2v) is 4.85. The molecule has 0 aliphatic carbocycles. The summed E-state index contributed by atoms with van der Waals surface area (Å²) in [7, 11) is 0. The molecule has 0 aromatic rings. The molecule has 1 aliphatic heterocycles. The molecule has 0 atom stereocenters. The summed E-state index contributed by atoms with van der Waals surface area (Å²) in [4.78, 5) is 2.53. The van der Waals surface area contributed by atoms with Crippen LogP contribution in [0.15, 0.2) is 0 Å². The van der Waals surface area contributed by atoms with Gasteiger partial charge in [-0.2, -0.15) is 11.8 Å². The second-order valence-electron chi connectivity index (χ2n) is 3.86. The molecule has 1 fully saturated rings. The molecule has 0 N–H and O–H groups in total. The number of thioether (sulfide) groups is 1. The molecule has 0 aromatic carbocycles. The highest BCUT2D eigenvalue weighted by atomic mass is 32.2. The molecule has 0 radical (unpaired) electrons. The third-order valence-corrected chi connectivity index (χ3v) is 3.37. The first-order valence-electron chi connectivity index (χ1n) is 5.72. The maximum absolute atomic E-state index is 5.31. The monoisotopic (exact) mass is 217 g/mol. The van der Waals surface area contributed by atoms with Crippen molar-refractivity contribution < 1.29 is 4.74 Å². The fraction of sp³-hybridized carbons (Fsp3) is 1.00. The van der Waals surface area contributed by atoms with E-state index in [1.807, 2.05) is 11.8 Å². The third kappa shape index (κ3) is 5.89. The molecule has 0 amide bonds. The summed E-state index contributed by atoms with van der Waals surface area (Å²) in [6, 6.07) is 0. The highest BCUT2D eigenvalue weighted by molar-refractivity contribution is 7.98. The zero-order valence-electron chi connectivity index (χ0n) is 9.33. The van der Waals surface area contributed by atoms with Crippen molar-refractivity contribution >= 4 is 11.8 Å². The SMILES string of the molecule is CSCCCCCCN1CCOCC1. The molecule has 14 heavy (non-hydrogen) atoms. The van der Waals surface area contributed by atoms with Crippen LogP contribution in [0.25, 0.3) is 0 Å². The van der Waals surface area contributed by atoms with Gasteiger partial charge < -0.3 is 4.74 Å². The average molecular weight is 217 g/mol. The standard InChI is InChI=1S/C11H23NOS/c1-14-11-5-3-2-4-6-12-7-9-13-10-8-12/h2-11H2,1H3. The Labute approximate surface area is 92.4 Å². The van der Waals surface area contributed by atoms with Crippen molar-refractivity contribution in [2.24, 2.45) is 0 Å². The van der Waals surface area contributed by atoms with Crippen LogP contribution in [0.4, 0.5) is 0 Å². The van der Waals surface area contributed by atoms with Gasteiger partial charge in [0.15, 0.2) is 0 Å². The fourth-order valence-electron chi connectivity index (χ4n) is 1.76. The van der Waals surface area contributed by atoms with Crippen LogP contribution in [0.5, 0.6) is 0 Å². The first-order valence-corrected chi connectivity index (χ1v) is 7.12. The van der Waals surface area contributed by atoms with E-state index in [-0.39, 0.29) is 0 Å². The highest BCUT2D eigenvalue weighted by Crippen LogP contribution is 2.06. The van der Waals surface area contributed by atoms with Gasteiger partial charge in [-0.1, -0.05) is 12.8 Å². The highest BCUT2D eigenvalue weighted by Gasteiger charge is 2.08. The number of hydrogen-bond acceptors (Lipinski definition) is 3. The van der Waals surface area contributed by atoms with Crippen LogP contribution >= 0.6 is 11.8 Å². The Morgan fingerprint density at radius 2 is 1.79 bits per heavy atom. The van der Waals surface area contributed by atoms with E-state index in [0.717, 1.165) is 26.3 Å². The van der Waals surface area contributed by atoms with Gasteiger partial charge >= 0.3 is 0 Å². The van der Waals surface area contributed by atoms with Crippen molar-refractivity contribution in [3.8, 4) is 0 Å². The van der Waals surface area contributed by atoms with Crippen molar-refractivity contribution in [2.45, 2.75) is 25.7 Å².